The minimum atomic E-state index is -0.161. The zero-order valence-corrected chi connectivity index (χ0v) is 12.3. The molecule has 1 aromatic carbocycles. The van der Waals surface area contributed by atoms with Crippen molar-refractivity contribution in [2.45, 2.75) is 32.7 Å². The summed E-state index contributed by atoms with van der Waals surface area (Å²) in [7, 11) is 0. The number of amides is 2. The summed E-state index contributed by atoms with van der Waals surface area (Å²) in [5.41, 5.74) is 1.91. The maximum absolute atomic E-state index is 12.0. The number of aryl methyl sites for hydroxylation is 1. The Morgan fingerprint density at radius 2 is 2.20 bits per heavy atom. The van der Waals surface area contributed by atoms with Gasteiger partial charge in [0.05, 0.1) is 10.5 Å². The first-order valence-corrected chi connectivity index (χ1v) is 6.93. The van der Waals surface area contributed by atoms with Crippen molar-refractivity contribution in [3.05, 3.63) is 35.0 Å². The fourth-order valence-electron chi connectivity index (χ4n) is 2.22. The molecule has 4 nitrogen and oxygen atoms in total. The van der Waals surface area contributed by atoms with E-state index in [-0.39, 0.29) is 11.9 Å². The number of imide groups is 1. The van der Waals surface area contributed by atoms with Crippen LogP contribution in [0.25, 0.3) is 10.9 Å². The largest absolute Gasteiger partial charge is 0.360 e. The highest BCUT2D eigenvalue weighted by Crippen LogP contribution is 2.26. The lowest BCUT2D eigenvalue weighted by Crippen LogP contribution is -2.35. The van der Waals surface area contributed by atoms with Gasteiger partial charge in [-0.25, -0.2) is 0 Å². The molecule has 0 fully saturated rings. The second kappa shape index (κ2) is 6.09. The van der Waals surface area contributed by atoms with Crippen LogP contribution in [-0.4, -0.2) is 28.2 Å². The minimum Gasteiger partial charge on any atom is -0.360 e. The Labute approximate surface area is 122 Å². The summed E-state index contributed by atoms with van der Waals surface area (Å²) in [6.45, 7) is 3.63. The number of aromatic amines is 1. The van der Waals surface area contributed by atoms with Gasteiger partial charge in [0, 0.05) is 24.0 Å². The highest BCUT2D eigenvalue weighted by molar-refractivity contribution is 6.35. The first kappa shape index (κ1) is 14.6. The molecule has 106 valence electrons. The maximum Gasteiger partial charge on any atom is 0.229 e. The predicted octanol–water partition coefficient (Wildman–Crippen LogP) is 3.15. The molecule has 0 atom stereocenters. The number of fused-ring (bicyclic) bond motifs is 1. The van der Waals surface area contributed by atoms with E-state index in [0.29, 0.717) is 24.3 Å². The van der Waals surface area contributed by atoms with Gasteiger partial charge in [0.15, 0.2) is 0 Å². The monoisotopic (exact) mass is 292 g/mol. The Hall–Kier alpha value is -1.81. The van der Waals surface area contributed by atoms with Gasteiger partial charge >= 0.3 is 0 Å². The lowest BCUT2D eigenvalue weighted by Gasteiger charge is -2.19. The van der Waals surface area contributed by atoms with Crippen LogP contribution in [0.4, 0.5) is 0 Å². The van der Waals surface area contributed by atoms with Crippen LogP contribution in [0.2, 0.25) is 5.02 Å². The van der Waals surface area contributed by atoms with Crippen molar-refractivity contribution in [1.82, 2.24) is 9.88 Å². The molecule has 0 aliphatic heterocycles. The lowest BCUT2D eigenvalue weighted by molar-refractivity contribution is -0.139. The van der Waals surface area contributed by atoms with Gasteiger partial charge in [0.2, 0.25) is 12.3 Å². The molecule has 1 N–H and O–H groups in total. The normalized spacial score (nSPS) is 11.0. The molecule has 0 aliphatic rings. The van der Waals surface area contributed by atoms with Gasteiger partial charge in [-0.3, -0.25) is 14.5 Å². The molecule has 2 aromatic rings. The zero-order chi connectivity index (χ0) is 14.7. The third-order valence-electron chi connectivity index (χ3n) is 3.32. The first-order chi connectivity index (χ1) is 9.54. The van der Waals surface area contributed by atoms with Crippen LogP contribution in [-0.2, 0) is 16.0 Å². The van der Waals surface area contributed by atoms with Gasteiger partial charge in [-0.05, 0) is 31.9 Å². The number of carbonyl (C=O) groups excluding carboxylic acids is 2. The topological polar surface area (TPSA) is 53.2 Å². The van der Waals surface area contributed by atoms with Crippen LogP contribution in [0.1, 0.15) is 25.8 Å². The lowest BCUT2D eigenvalue weighted by atomic mass is 10.1. The van der Waals surface area contributed by atoms with E-state index in [9.17, 15) is 9.59 Å². The third kappa shape index (κ3) is 2.85. The van der Waals surface area contributed by atoms with Crippen LogP contribution >= 0.6 is 11.6 Å². The number of halogens is 1. The molecule has 0 aliphatic carbocycles. The molecule has 2 amide bonds. The highest BCUT2D eigenvalue weighted by Gasteiger charge is 2.16. The number of hydrogen-bond donors (Lipinski definition) is 1. The number of nitrogens with zero attached hydrogens (tertiary/aromatic N) is 1. The molecule has 0 radical (unpaired) electrons. The number of hydrogen-bond acceptors (Lipinski definition) is 2. The van der Waals surface area contributed by atoms with E-state index in [2.05, 4.69) is 4.98 Å². The Bertz CT molecular complexity index is 634. The molecule has 0 spiro atoms. The number of rotatable bonds is 5. The maximum atomic E-state index is 12.0. The number of carbonyl (C=O) groups is 2. The standard InChI is InChI=1S/C15H17ClN2O2/c1-10(2)18(9-19)14(20)7-6-11-8-17-15-12(11)4-3-5-13(15)16/h3-5,8-10,17H,6-7H2,1-2H3. The molecular weight excluding hydrogens is 276 g/mol. The summed E-state index contributed by atoms with van der Waals surface area (Å²) in [5.74, 6) is -0.161. The third-order valence-corrected chi connectivity index (χ3v) is 3.63. The quantitative estimate of drug-likeness (QED) is 0.861. The summed E-state index contributed by atoms with van der Waals surface area (Å²) >= 11 is 6.09. The molecule has 5 heteroatoms. The van der Waals surface area contributed by atoms with Crippen LogP contribution < -0.4 is 0 Å². The van der Waals surface area contributed by atoms with Gasteiger partial charge in [-0.1, -0.05) is 23.7 Å². The summed E-state index contributed by atoms with van der Waals surface area (Å²) in [6, 6.07) is 5.56. The highest BCUT2D eigenvalue weighted by atomic mass is 35.5. The Balaban J connectivity index is 2.12. The minimum absolute atomic E-state index is 0.114. The summed E-state index contributed by atoms with van der Waals surface area (Å²) < 4.78 is 0. The van der Waals surface area contributed by atoms with Crippen molar-refractivity contribution in [3.63, 3.8) is 0 Å². The SMILES string of the molecule is CC(C)N(C=O)C(=O)CCc1c[nH]c2c(Cl)cccc12. The molecule has 1 aromatic heterocycles. The molecule has 2 rings (SSSR count). The Morgan fingerprint density at radius 3 is 2.85 bits per heavy atom. The summed E-state index contributed by atoms with van der Waals surface area (Å²) in [5, 5.41) is 1.68. The average Bonchev–Trinajstić information content (AvgIpc) is 2.81. The van der Waals surface area contributed by atoms with E-state index in [0.717, 1.165) is 16.5 Å². The average molecular weight is 293 g/mol. The van der Waals surface area contributed by atoms with E-state index >= 15 is 0 Å². The molecule has 0 saturated carbocycles. The zero-order valence-electron chi connectivity index (χ0n) is 11.5. The van der Waals surface area contributed by atoms with E-state index in [1.54, 1.807) is 0 Å². The molecule has 0 saturated heterocycles. The van der Waals surface area contributed by atoms with Gasteiger partial charge in [0.1, 0.15) is 0 Å². The van der Waals surface area contributed by atoms with E-state index < -0.39 is 0 Å². The second-order valence-corrected chi connectivity index (χ2v) is 5.38. The van der Waals surface area contributed by atoms with Crippen molar-refractivity contribution < 1.29 is 9.59 Å². The molecule has 1 heterocycles. The van der Waals surface area contributed by atoms with Crippen LogP contribution in [0, 0.1) is 0 Å². The van der Waals surface area contributed by atoms with Crippen molar-refractivity contribution >= 4 is 34.8 Å². The summed E-state index contributed by atoms with van der Waals surface area (Å²) in [4.78, 5) is 27.2. The van der Waals surface area contributed by atoms with Crippen molar-refractivity contribution in [3.8, 4) is 0 Å². The van der Waals surface area contributed by atoms with Crippen LogP contribution in [0.5, 0.6) is 0 Å². The molecule has 20 heavy (non-hydrogen) atoms. The molecular formula is C15H17ClN2O2. The van der Waals surface area contributed by atoms with Crippen molar-refractivity contribution in [2.24, 2.45) is 0 Å². The number of nitrogens with one attached hydrogen (secondary N) is 1. The van der Waals surface area contributed by atoms with E-state index in [1.165, 1.54) is 4.90 Å². The molecule has 0 bridgehead atoms. The van der Waals surface area contributed by atoms with Crippen LogP contribution in [0.15, 0.2) is 24.4 Å². The second-order valence-electron chi connectivity index (χ2n) is 4.98. The fourth-order valence-corrected chi connectivity index (χ4v) is 2.45. The predicted molar refractivity (Wildman–Crippen MR) is 79.7 cm³/mol. The van der Waals surface area contributed by atoms with E-state index in [1.807, 2.05) is 38.2 Å². The van der Waals surface area contributed by atoms with Gasteiger partial charge in [0.25, 0.3) is 0 Å². The van der Waals surface area contributed by atoms with Crippen LogP contribution in [0.3, 0.4) is 0 Å². The smallest absolute Gasteiger partial charge is 0.229 e. The Kier molecular flexibility index (Phi) is 4.45. The molecule has 0 unspecified atom stereocenters. The van der Waals surface area contributed by atoms with Crippen molar-refractivity contribution in [1.29, 1.82) is 0 Å². The number of H-pyrrole nitrogens is 1. The number of aromatic nitrogens is 1. The van der Waals surface area contributed by atoms with Crippen molar-refractivity contribution in [2.75, 3.05) is 0 Å². The van der Waals surface area contributed by atoms with Gasteiger partial charge < -0.3 is 4.98 Å². The first-order valence-electron chi connectivity index (χ1n) is 6.55. The fraction of sp³-hybridized carbons (Fsp3) is 0.333. The van der Waals surface area contributed by atoms with Gasteiger partial charge in [-0.15, -0.1) is 0 Å². The van der Waals surface area contributed by atoms with E-state index in [4.69, 9.17) is 11.6 Å². The Morgan fingerprint density at radius 1 is 1.45 bits per heavy atom. The van der Waals surface area contributed by atoms with Gasteiger partial charge in [-0.2, -0.15) is 0 Å². The number of benzene rings is 1. The summed E-state index contributed by atoms with van der Waals surface area (Å²) in [6.07, 6.45) is 3.34. The number of para-hydroxylation sites is 1.